The zero-order chi connectivity index (χ0) is 11.5. The zero-order valence-corrected chi connectivity index (χ0v) is 11.3. The predicted molar refractivity (Wildman–Crippen MR) is 72.0 cm³/mol. The van der Waals surface area contributed by atoms with Crippen molar-refractivity contribution in [3.63, 3.8) is 0 Å². The van der Waals surface area contributed by atoms with Gasteiger partial charge in [-0.15, -0.1) is 11.8 Å². The van der Waals surface area contributed by atoms with Gasteiger partial charge in [0.15, 0.2) is 0 Å². The van der Waals surface area contributed by atoms with Gasteiger partial charge in [-0.1, -0.05) is 18.2 Å². The molecule has 0 unspecified atom stereocenters. The molecule has 1 fully saturated rings. The van der Waals surface area contributed by atoms with Crippen LogP contribution in [-0.2, 0) is 0 Å². The third-order valence-corrected chi connectivity index (χ3v) is 4.27. The summed E-state index contributed by atoms with van der Waals surface area (Å²) >= 11 is 1.87. The highest BCUT2D eigenvalue weighted by molar-refractivity contribution is 7.98. The van der Waals surface area contributed by atoms with E-state index in [-0.39, 0.29) is 0 Å². The molecule has 0 aliphatic carbocycles. The third-order valence-electron chi connectivity index (χ3n) is 3.46. The Morgan fingerprint density at radius 2 is 2.06 bits per heavy atom. The quantitative estimate of drug-likeness (QED) is 0.730. The maximum Gasteiger partial charge on any atom is 0.0362 e. The lowest BCUT2D eigenvalue weighted by Crippen LogP contribution is -2.30. The first-order valence-corrected chi connectivity index (χ1v) is 7.35. The summed E-state index contributed by atoms with van der Waals surface area (Å²) in [6, 6.07) is 10.2. The van der Waals surface area contributed by atoms with Crippen molar-refractivity contribution < 1.29 is 0 Å². The van der Waals surface area contributed by atoms with Gasteiger partial charge in [0.2, 0.25) is 0 Å². The van der Waals surface area contributed by atoms with Crippen LogP contribution in [0.25, 0.3) is 0 Å². The summed E-state index contributed by atoms with van der Waals surface area (Å²) in [6.07, 6.45) is 4.83. The van der Waals surface area contributed by atoms with E-state index in [1.807, 2.05) is 11.8 Å². The molecule has 1 nitrogen and oxygen atoms in total. The summed E-state index contributed by atoms with van der Waals surface area (Å²) in [7, 11) is 0. The molecule has 1 aromatic carbocycles. The second-order valence-electron chi connectivity index (χ2n) is 4.73. The van der Waals surface area contributed by atoms with Gasteiger partial charge in [-0.05, 0) is 51.1 Å². The van der Waals surface area contributed by atoms with Crippen molar-refractivity contribution in [1.29, 1.82) is 0 Å². The molecule has 0 N–H and O–H groups in total. The summed E-state index contributed by atoms with van der Waals surface area (Å²) in [5.41, 5.74) is 1.53. The Morgan fingerprint density at radius 3 is 2.75 bits per heavy atom. The van der Waals surface area contributed by atoms with Crippen LogP contribution in [0, 0.1) is 0 Å². The Bertz CT molecular complexity index is 348. The Morgan fingerprint density at radius 1 is 1.31 bits per heavy atom. The van der Waals surface area contributed by atoms with Gasteiger partial charge in [-0.25, -0.2) is 0 Å². The average Bonchev–Trinajstić information content (AvgIpc) is 2.77. The molecule has 1 heterocycles. The lowest BCUT2D eigenvalue weighted by Gasteiger charge is -2.29. The van der Waals surface area contributed by atoms with Gasteiger partial charge in [0.1, 0.15) is 0 Å². The van der Waals surface area contributed by atoms with Crippen LogP contribution >= 0.6 is 11.8 Å². The number of nitrogens with zero attached hydrogens (tertiary/aromatic N) is 1. The van der Waals surface area contributed by atoms with Crippen molar-refractivity contribution in [3.8, 4) is 0 Å². The normalized spacial score (nSPS) is 21.9. The SMILES string of the molecule is CSc1ccccc1[C@@H]1CCCN1C(C)C. The van der Waals surface area contributed by atoms with Crippen LogP contribution in [-0.4, -0.2) is 23.7 Å². The van der Waals surface area contributed by atoms with Crippen molar-refractivity contribution in [2.24, 2.45) is 0 Å². The highest BCUT2D eigenvalue weighted by Crippen LogP contribution is 2.37. The molecular formula is C14H21NS. The number of rotatable bonds is 3. The van der Waals surface area contributed by atoms with E-state index in [2.05, 4.69) is 49.3 Å². The highest BCUT2D eigenvalue weighted by Gasteiger charge is 2.28. The molecular weight excluding hydrogens is 214 g/mol. The van der Waals surface area contributed by atoms with Crippen molar-refractivity contribution in [2.45, 2.75) is 43.7 Å². The Balaban J connectivity index is 2.28. The summed E-state index contributed by atoms with van der Waals surface area (Å²) < 4.78 is 0. The maximum atomic E-state index is 2.63. The molecule has 88 valence electrons. The van der Waals surface area contributed by atoms with Crippen molar-refractivity contribution in [2.75, 3.05) is 12.8 Å². The molecule has 0 aromatic heterocycles. The monoisotopic (exact) mass is 235 g/mol. The van der Waals surface area contributed by atoms with Crippen LogP contribution in [0.2, 0.25) is 0 Å². The highest BCUT2D eigenvalue weighted by atomic mass is 32.2. The van der Waals surface area contributed by atoms with Gasteiger partial charge >= 0.3 is 0 Å². The summed E-state index contributed by atoms with van der Waals surface area (Å²) in [5.74, 6) is 0. The lowest BCUT2D eigenvalue weighted by atomic mass is 10.0. The largest absolute Gasteiger partial charge is 0.294 e. The van der Waals surface area contributed by atoms with Gasteiger partial charge in [0, 0.05) is 17.0 Å². The van der Waals surface area contributed by atoms with Crippen LogP contribution in [0.5, 0.6) is 0 Å². The van der Waals surface area contributed by atoms with E-state index in [1.54, 1.807) is 0 Å². The Kier molecular flexibility index (Phi) is 3.93. The summed E-state index contributed by atoms with van der Waals surface area (Å²) in [6.45, 7) is 5.87. The van der Waals surface area contributed by atoms with Gasteiger partial charge in [-0.2, -0.15) is 0 Å². The van der Waals surface area contributed by atoms with Crippen molar-refractivity contribution in [3.05, 3.63) is 29.8 Å². The first-order valence-electron chi connectivity index (χ1n) is 6.12. The number of hydrogen-bond donors (Lipinski definition) is 0. The first-order chi connectivity index (χ1) is 7.74. The van der Waals surface area contributed by atoms with Crippen molar-refractivity contribution in [1.82, 2.24) is 4.90 Å². The summed E-state index contributed by atoms with van der Waals surface area (Å²) in [4.78, 5) is 4.08. The second kappa shape index (κ2) is 5.24. The molecule has 1 atom stereocenters. The molecule has 0 radical (unpaired) electrons. The minimum absolute atomic E-state index is 0.642. The fourth-order valence-corrected chi connectivity index (χ4v) is 3.34. The lowest BCUT2D eigenvalue weighted by molar-refractivity contribution is 0.203. The Hall–Kier alpha value is -0.470. The van der Waals surface area contributed by atoms with Crippen molar-refractivity contribution >= 4 is 11.8 Å². The van der Waals surface area contributed by atoms with E-state index >= 15 is 0 Å². The topological polar surface area (TPSA) is 3.24 Å². The van der Waals surface area contributed by atoms with E-state index < -0.39 is 0 Å². The molecule has 0 amide bonds. The molecule has 1 saturated heterocycles. The molecule has 2 heteroatoms. The van der Waals surface area contributed by atoms with Gasteiger partial charge < -0.3 is 0 Å². The average molecular weight is 235 g/mol. The first kappa shape index (κ1) is 12.0. The molecule has 1 aliphatic heterocycles. The van der Waals surface area contributed by atoms with Crippen LogP contribution in [0.3, 0.4) is 0 Å². The van der Waals surface area contributed by atoms with Crippen LogP contribution in [0.15, 0.2) is 29.2 Å². The van der Waals surface area contributed by atoms with E-state index in [9.17, 15) is 0 Å². The fourth-order valence-electron chi connectivity index (χ4n) is 2.68. The number of thioether (sulfide) groups is 1. The number of likely N-dealkylation sites (tertiary alicyclic amines) is 1. The zero-order valence-electron chi connectivity index (χ0n) is 10.4. The van der Waals surface area contributed by atoms with Gasteiger partial charge in [0.25, 0.3) is 0 Å². The maximum absolute atomic E-state index is 2.63. The molecule has 0 spiro atoms. The van der Waals surface area contributed by atoms with Gasteiger partial charge in [0.05, 0.1) is 0 Å². The van der Waals surface area contributed by atoms with E-state index in [0.717, 1.165) is 0 Å². The van der Waals surface area contributed by atoms with E-state index in [4.69, 9.17) is 0 Å². The van der Waals surface area contributed by atoms with E-state index in [1.165, 1.54) is 29.8 Å². The van der Waals surface area contributed by atoms with Gasteiger partial charge in [-0.3, -0.25) is 4.90 Å². The van der Waals surface area contributed by atoms with Crippen LogP contribution in [0.1, 0.15) is 38.3 Å². The standard InChI is InChI=1S/C14H21NS/c1-11(2)15-10-6-8-13(15)12-7-4-5-9-14(12)16-3/h4-5,7,9,11,13H,6,8,10H2,1-3H3/t13-/m0/s1. The second-order valence-corrected chi connectivity index (χ2v) is 5.58. The molecule has 0 bridgehead atoms. The predicted octanol–water partition coefficient (Wildman–Crippen LogP) is 3.95. The van der Waals surface area contributed by atoms with E-state index in [0.29, 0.717) is 12.1 Å². The molecule has 0 saturated carbocycles. The fraction of sp³-hybridized carbons (Fsp3) is 0.571. The number of hydrogen-bond acceptors (Lipinski definition) is 2. The molecule has 2 rings (SSSR count). The van der Waals surface area contributed by atoms with Crippen LogP contribution in [0.4, 0.5) is 0 Å². The molecule has 1 aromatic rings. The smallest absolute Gasteiger partial charge is 0.0362 e. The minimum Gasteiger partial charge on any atom is -0.294 e. The molecule has 1 aliphatic rings. The minimum atomic E-state index is 0.642. The Labute approximate surface area is 103 Å². The molecule has 16 heavy (non-hydrogen) atoms. The van der Waals surface area contributed by atoms with Crippen LogP contribution < -0.4 is 0 Å². The number of benzene rings is 1. The summed E-state index contributed by atoms with van der Waals surface area (Å²) in [5, 5.41) is 0. The third kappa shape index (κ3) is 2.28.